The van der Waals surface area contributed by atoms with Gasteiger partial charge in [0.15, 0.2) is 0 Å². The maximum atomic E-state index is 12.1. The number of primary amides is 1. The predicted molar refractivity (Wildman–Crippen MR) is 71.2 cm³/mol. The van der Waals surface area contributed by atoms with Gasteiger partial charge in [-0.3, -0.25) is 9.59 Å². The SMILES string of the molecule is CN1[C@@H]2CCC[C@H]1CC(N1CC(C(N)=O)CC1=O)C2. The normalized spacial score (nSPS) is 39.6. The second-order valence-electron chi connectivity index (χ2n) is 6.38. The molecule has 0 spiro atoms. The van der Waals surface area contributed by atoms with E-state index in [4.69, 9.17) is 5.73 Å². The summed E-state index contributed by atoms with van der Waals surface area (Å²) >= 11 is 0. The van der Waals surface area contributed by atoms with E-state index in [0.29, 0.717) is 31.1 Å². The molecule has 3 heterocycles. The topological polar surface area (TPSA) is 66.6 Å². The van der Waals surface area contributed by atoms with E-state index in [9.17, 15) is 9.59 Å². The Morgan fingerprint density at radius 3 is 2.37 bits per heavy atom. The highest BCUT2D eigenvalue weighted by Crippen LogP contribution is 2.36. The van der Waals surface area contributed by atoms with E-state index in [0.717, 1.165) is 12.8 Å². The minimum atomic E-state index is -0.330. The summed E-state index contributed by atoms with van der Waals surface area (Å²) in [4.78, 5) is 27.8. The van der Waals surface area contributed by atoms with Gasteiger partial charge in [-0.15, -0.1) is 0 Å². The fourth-order valence-corrected chi connectivity index (χ4v) is 4.12. The first kappa shape index (κ1) is 12.9. The molecule has 3 rings (SSSR count). The molecule has 3 fully saturated rings. The minimum Gasteiger partial charge on any atom is -0.369 e. The van der Waals surface area contributed by atoms with Crippen LogP contribution in [0.2, 0.25) is 0 Å². The van der Waals surface area contributed by atoms with Crippen molar-refractivity contribution in [3.63, 3.8) is 0 Å². The van der Waals surface area contributed by atoms with Gasteiger partial charge in [-0.25, -0.2) is 0 Å². The molecule has 0 aromatic rings. The molecule has 2 bridgehead atoms. The van der Waals surface area contributed by atoms with Crippen molar-refractivity contribution in [1.82, 2.24) is 9.80 Å². The first-order valence-corrected chi connectivity index (χ1v) is 7.37. The molecule has 0 aromatic carbocycles. The number of carbonyl (C=O) groups is 2. The average Bonchev–Trinajstić information content (AvgIpc) is 2.71. The lowest BCUT2D eigenvalue weighted by Gasteiger charge is -2.49. The van der Waals surface area contributed by atoms with E-state index in [1.807, 2.05) is 4.90 Å². The summed E-state index contributed by atoms with van der Waals surface area (Å²) in [6.07, 6.45) is 6.23. The lowest BCUT2D eigenvalue weighted by Crippen LogP contribution is -2.55. The smallest absolute Gasteiger partial charge is 0.223 e. The van der Waals surface area contributed by atoms with Crippen molar-refractivity contribution in [2.45, 2.75) is 56.7 Å². The van der Waals surface area contributed by atoms with Crippen LogP contribution in [0.5, 0.6) is 0 Å². The van der Waals surface area contributed by atoms with E-state index in [-0.39, 0.29) is 17.7 Å². The first-order valence-electron chi connectivity index (χ1n) is 7.37. The Kier molecular flexibility index (Phi) is 3.25. The monoisotopic (exact) mass is 265 g/mol. The van der Waals surface area contributed by atoms with Crippen LogP contribution in [0.1, 0.15) is 38.5 Å². The molecule has 5 nitrogen and oxygen atoms in total. The molecule has 0 radical (unpaired) electrons. The number of likely N-dealkylation sites (tertiary alicyclic amines) is 1. The number of carbonyl (C=O) groups excluding carboxylic acids is 2. The zero-order chi connectivity index (χ0) is 13.6. The van der Waals surface area contributed by atoms with Crippen molar-refractivity contribution >= 4 is 11.8 Å². The predicted octanol–water partition coefficient (Wildman–Crippen LogP) is 0.336. The Bertz CT molecular complexity index is 384. The summed E-state index contributed by atoms with van der Waals surface area (Å²) < 4.78 is 0. The number of fused-ring (bicyclic) bond motifs is 2. The second-order valence-corrected chi connectivity index (χ2v) is 6.38. The van der Waals surface area contributed by atoms with Crippen LogP contribution in [0.4, 0.5) is 0 Å². The number of hydrogen-bond donors (Lipinski definition) is 1. The Hall–Kier alpha value is -1.10. The van der Waals surface area contributed by atoms with E-state index in [2.05, 4.69) is 11.9 Å². The minimum absolute atomic E-state index is 0.122. The summed E-state index contributed by atoms with van der Waals surface area (Å²) in [5, 5.41) is 0. The largest absolute Gasteiger partial charge is 0.369 e. The van der Waals surface area contributed by atoms with E-state index < -0.39 is 0 Å². The summed E-state index contributed by atoms with van der Waals surface area (Å²) in [7, 11) is 2.21. The number of nitrogens with two attached hydrogens (primary N) is 1. The lowest BCUT2D eigenvalue weighted by molar-refractivity contribution is -0.132. The van der Waals surface area contributed by atoms with Crippen molar-refractivity contribution in [2.24, 2.45) is 11.7 Å². The molecule has 0 saturated carbocycles. The molecule has 0 aromatic heterocycles. The number of rotatable bonds is 2. The van der Waals surface area contributed by atoms with E-state index >= 15 is 0 Å². The van der Waals surface area contributed by atoms with Crippen molar-refractivity contribution in [3.05, 3.63) is 0 Å². The van der Waals surface area contributed by atoms with Crippen LogP contribution in [0.15, 0.2) is 0 Å². The first-order chi connectivity index (χ1) is 9.06. The number of nitrogens with zero attached hydrogens (tertiary/aromatic N) is 2. The molecule has 3 aliphatic heterocycles. The van der Waals surface area contributed by atoms with Crippen LogP contribution >= 0.6 is 0 Å². The molecule has 2 amide bonds. The van der Waals surface area contributed by atoms with Gasteiger partial charge in [0.2, 0.25) is 11.8 Å². The molecule has 3 saturated heterocycles. The summed E-state index contributed by atoms with van der Waals surface area (Å²) in [5.74, 6) is -0.479. The third-order valence-corrected chi connectivity index (χ3v) is 5.32. The number of amides is 2. The number of piperidine rings is 2. The van der Waals surface area contributed by atoms with Gasteiger partial charge in [0.25, 0.3) is 0 Å². The average molecular weight is 265 g/mol. The van der Waals surface area contributed by atoms with Crippen LogP contribution < -0.4 is 5.73 Å². The van der Waals surface area contributed by atoms with E-state index in [1.54, 1.807) is 0 Å². The second kappa shape index (κ2) is 4.78. The van der Waals surface area contributed by atoms with Gasteiger partial charge in [-0.1, -0.05) is 6.42 Å². The van der Waals surface area contributed by atoms with Gasteiger partial charge in [-0.05, 0) is 32.7 Å². The molecule has 2 unspecified atom stereocenters. The molecule has 106 valence electrons. The van der Waals surface area contributed by atoms with Crippen LogP contribution in [-0.4, -0.2) is 53.3 Å². The molecule has 3 aliphatic rings. The standard InChI is InChI=1S/C14H23N3O2/c1-16-10-3-2-4-11(16)7-12(6-10)17-8-9(14(15)19)5-13(17)18/h9-12H,2-8H2,1H3,(H2,15,19)/t9?,10-,11+,12?. The molecule has 5 heteroatoms. The van der Waals surface area contributed by atoms with Gasteiger partial charge < -0.3 is 15.5 Å². The highest BCUT2D eigenvalue weighted by Gasteiger charge is 2.43. The van der Waals surface area contributed by atoms with Crippen LogP contribution in [-0.2, 0) is 9.59 Å². The summed E-state index contributed by atoms with van der Waals surface area (Å²) in [5.41, 5.74) is 5.34. The van der Waals surface area contributed by atoms with Gasteiger partial charge in [0.05, 0.1) is 5.92 Å². The fraction of sp³-hybridized carbons (Fsp3) is 0.857. The zero-order valence-electron chi connectivity index (χ0n) is 11.5. The molecular formula is C14H23N3O2. The third kappa shape index (κ3) is 2.24. The quantitative estimate of drug-likeness (QED) is 0.782. The van der Waals surface area contributed by atoms with Crippen LogP contribution in [0.25, 0.3) is 0 Å². The molecule has 2 N–H and O–H groups in total. The van der Waals surface area contributed by atoms with Gasteiger partial charge in [0.1, 0.15) is 0 Å². The number of hydrogen-bond acceptors (Lipinski definition) is 3. The molecule has 4 atom stereocenters. The Morgan fingerprint density at radius 2 is 1.84 bits per heavy atom. The Morgan fingerprint density at radius 1 is 1.21 bits per heavy atom. The van der Waals surface area contributed by atoms with Gasteiger partial charge in [0, 0.05) is 31.1 Å². The lowest BCUT2D eigenvalue weighted by atomic mass is 9.82. The molecule has 19 heavy (non-hydrogen) atoms. The van der Waals surface area contributed by atoms with Crippen molar-refractivity contribution in [2.75, 3.05) is 13.6 Å². The maximum absolute atomic E-state index is 12.1. The van der Waals surface area contributed by atoms with Crippen molar-refractivity contribution < 1.29 is 9.59 Å². The maximum Gasteiger partial charge on any atom is 0.223 e. The summed E-state index contributed by atoms with van der Waals surface area (Å²) in [6, 6.07) is 1.54. The highest BCUT2D eigenvalue weighted by atomic mass is 16.2. The molecule has 0 aliphatic carbocycles. The Labute approximate surface area is 114 Å². The summed E-state index contributed by atoms with van der Waals surface area (Å²) in [6.45, 7) is 0.544. The highest BCUT2D eigenvalue weighted by molar-refractivity contribution is 5.88. The van der Waals surface area contributed by atoms with E-state index in [1.165, 1.54) is 19.3 Å². The van der Waals surface area contributed by atoms with Crippen LogP contribution in [0.3, 0.4) is 0 Å². The van der Waals surface area contributed by atoms with Crippen molar-refractivity contribution in [3.8, 4) is 0 Å². The van der Waals surface area contributed by atoms with Crippen molar-refractivity contribution in [1.29, 1.82) is 0 Å². The third-order valence-electron chi connectivity index (χ3n) is 5.32. The van der Waals surface area contributed by atoms with Gasteiger partial charge in [-0.2, -0.15) is 0 Å². The fourth-order valence-electron chi connectivity index (χ4n) is 4.12. The Balaban J connectivity index is 1.70. The molecular weight excluding hydrogens is 242 g/mol. The van der Waals surface area contributed by atoms with Gasteiger partial charge >= 0.3 is 0 Å². The zero-order valence-corrected chi connectivity index (χ0v) is 11.5. The van der Waals surface area contributed by atoms with Crippen LogP contribution in [0, 0.1) is 5.92 Å².